The van der Waals surface area contributed by atoms with E-state index in [4.69, 9.17) is 12.2 Å². The van der Waals surface area contributed by atoms with Crippen LogP contribution < -0.4 is 10.7 Å². The van der Waals surface area contributed by atoms with Gasteiger partial charge < -0.3 is 5.32 Å². The van der Waals surface area contributed by atoms with Crippen LogP contribution in [0.1, 0.15) is 6.92 Å². The van der Waals surface area contributed by atoms with E-state index in [0.717, 1.165) is 5.69 Å². The fourth-order valence-electron chi connectivity index (χ4n) is 0.804. The van der Waals surface area contributed by atoms with Crippen molar-refractivity contribution in [1.29, 1.82) is 0 Å². The van der Waals surface area contributed by atoms with Crippen LogP contribution in [0.3, 0.4) is 0 Å². The van der Waals surface area contributed by atoms with E-state index < -0.39 is 0 Å². The SMILES string of the molecule is C/C=N/NC(=S)Nc1ccccc1. The third-order valence-corrected chi connectivity index (χ3v) is 1.52. The van der Waals surface area contributed by atoms with Gasteiger partial charge in [0, 0.05) is 11.9 Å². The Balaban J connectivity index is 2.46. The van der Waals surface area contributed by atoms with Gasteiger partial charge in [-0.25, -0.2) is 0 Å². The van der Waals surface area contributed by atoms with Crippen molar-refractivity contribution in [3.63, 3.8) is 0 Å². The zero-order valence-corrected chi connectivity index (χ0v) is 8.14. The van der Waals surface area contributed by atoms with Crippen LogP contribution in [-0.2, 0) is 0 Å². The topological polar surface area (TPSA) is 36.4 Å². The predicted molar refractivity (Wildman–Crippen MR) is 60.0 cm³/mol. The molecule has 1 aromatic carbocycles. The number of rotatable bonds is 2. The Bertz CT molecular complexity index is 295. The summed E-state index contributed by atoms with van der Waals surface area (Å²) in [5.41, 5.74) is 3.62. The van der Waals surface area contributed by atoms with E-state index in [0.29, 0.717) is 5.11 Å². The molecule has 0 bridgehead atoms. The second-order valence-corrected chi connectivity index (χ2v) is 2.73. The molecule has 1 aromatic rings. The van der Waals surface area contributed by atoms with Crippen molar-refractivity contribution >= 4 is 29.2 Å². The fourth-order valence-corrected chi connectivity index (χ4v) is 0.974. The average Bonchev–Trinajstić information content (AvgIpc) is 2.16. The first-order chi connectivity index (χ1) is 6.33. The van der Waals surface area contributed by atoms with Crippen LogP contribution in [-0.4, -0.2) is 11.3 Å². The number of hydrogen-bond donors (Lipinski definition) is 2. The minimum absolute atomic E-state index is 0.490. The molecule has 0 spiro atoms. The molecule has 0 aliphatic heterocycles. The molecule has 3 nitrogen and oxygen atoms in total. The molecule has 0 heterocycles. The van der Waals surface area contributed by atoms with Crippen molar-refractivity contribution < 1.29 is 0 Å². The van der Waals surface area contributed by atoms with Crippen LogP contribution in [0.5, 0.6) is 0 Å². The molecule has 0 aromatic heterocycles. The van der Waals surface area contributed by atoms with Crippen LogP contribution in [0, 0.1) is 0 Å². The summed E-state index contributed by atoms with van der Waals surface area (Å²) in [6, 6.07) is 9.70. The highest BCUT2D eigenvalue weighted by atomic mass is 32.1. The van der Waals surface area contributed by atoms with E-state index in [1.54, 1.807) is 6.21 Å². The summed E-state index contributed by atoms with van der Waals surface area (Å²) in [6.45, 7) is 1.82. The van der Waals surface area contributed by atoms with Crippen LogP contribution in [0.4, 0.5) is 5.69 Å². The van der Waals surface area contributed by atoms with Gasteiger partial charge in [0.25, 0.3) is 0 Å². The van der Waals surface area contributed by atoms with Crippen LogP contribution >= 0.6 is 12.2 Å². The van der Waals surface area contributed by atoms with Crippen LogP contribution in [0.15, 0.2) is 35.4 Å². The lowest BCUT2D eigenvalue weighted by Crippen LogP contribution is -2.23. The van der Waals surface area contributed by atoms with E-state index in [2.05, 4.69) is 15.8 Å². The molecular formula is C9H11N3S. The van der Waals surface area contributed by atoms with Crippen molar-refractivity contribution in [3.05, 3.63) is 30.3 Å². The van der Waals surface area contributed by atoms with Crippen molar-refractivity contribution in [2.24, 2.45) is 5.10 Å². The summed E-state index contributed by atoms with van der Waals surface area (Å²) in [7, 11) is 0. The Labute approximate surface area is 82.9 Å². The van der Waals surface area contributed by atoms with E-state index in [-0.39, 0.29) is 0 Å². The van der Waals surface area contributed by atoms with E-state index in [1.165, 1.54) is 0 Å². The second-order valence-electron chi connectivity index (χ2n) is 2.32. The maximum atomic E-state index is 4.97. The molecule has 0 radical (unpaired) electrons. The summed E-state index contributed by atoms with van der Waals surface area (Å²) >= 11 is 4.97. The normalized spacial score (nSPS) is 9.92. The van der Waals surface area contributed by atoms with Gasteiger partial charge in [-0.15, -0.1) is 0 Å². The van der Waals surface area contributed by atoms with Gasteiger partial charge in [0.2, 0.25) is 0 Å². The molecule has 0 saturated carbocycles. The highest BCUT2D eigenvalue weighted by Crippen LogP contribution is 2.03. The Morgan fingerprint density at radius 1 is 1.38 bits per heavy atom. The lowest BCUT2D eigenvalue weighted by Gasteiger charge is -2.05. The van der Waals surface area contributed by atoms with Gasteiger partial charge >= 0.3 is 0 Å². The number of para-hydroxylation sites is 1. The zero-order chi connectivity index (χ0) is 9.52. The molecule has 0 unspecified atom stereocenters. The van der Waals surface area contributed by atoms with E-state index in [1.807, 2.05) is 37.3 Å². The van der Waals surface area contributed by atoms with Crippen LogP contribution in [0.2, 0.25) is 0 Å². The number of nitrogens with zero attached hydrogens (tertiary/aromatic N) is 1. The maximum absolute atomic E-state index is 4.97. The summed E-state index contributed by atoms with van der Waals surface area (Å²) in [4.78, 5) is 0. The van der Waals surface area contributed by atoms with Gasteiger partial charge in [0.05, 0.1) is 0 Å². The molecule has 1 rings (SSSR count). The molecule has 0 aliphatic carbocycles. The molecule has 0 amide bonds. The predicted octanol–water partition coefficient (Wildman–Crippen LogP) is 1.98. The van der Waals surface area contributed by atoms with Crippen molar-refractivity contribution in [1.82, 2.24) is 5.43 Å². The maximum Gasteiger partial charge on any atom is 0.191 e. The van der Waals surface area contributed by atoms with Gasteiger partial charge in [0.1, 0.15) is 0 Å². The monoisotopic (exact) mass is 193 g/mol. The fraction of sp³-hybridized carbons (Fsp3) is 0.111. The first-order valence-electron chi connectivity index (χ1n) is 3.92. The third kappa shape index (κ3) is 3.66. The van der Waals surface area contributed by atoms with E-state index >= 15 is 0 Å². The number of thiocarbonyl (C=S) groups is 1. The molecule has 0 saturated heterocycles. The molecule has 0 atom stereocenters. The summed E-state index contributed by atoms with van der Waals surface area (Å²) in [5.74, 6) is 0. The van der Waals surface area contributed by atoms with Crippen LogP contribution in [0.25, 0.3) is 0 Å². The van der Waals surface area contributed by atoms with Gasteiger partial charge in [-0.05, 0) is 31.3 Å². The number of nitrogens with one attached hydrogen (secondary N) is 2. The van der Waals surface area contributed by atoms with Gasteiger partial charge in [-0.2, -0.15) is 5.10 Å². The van der Waals surface area contributed by atoms with E-state index in [9.17, 15) is 0 Å². The minimum atomic E-state index is 0.490. The van der Waals surface area contributed by atoms with Gasteiger partial charge in [0.15, 0.2) is 5.11 Å². The Hall–Kier alpha value is -1.42. The quantitative estimate of drug-likeness (QED) is 0.428. The third-order valence-electron chi connectivity index (χ3n) is 1.33. The standard InChI is InChI=1S/C9H11N3S/c1-2-10-12-9(13)11-8-6-4-3-5-7-8/h2-7H,1H3,(H2,11,12,13)/b10-2+. The highest BCUT2D eigenvalue weighted by molar-refractivity contribution is 7.80. The lowest BCUT2D eigenvalue weighted by atomic mass is 10.3. The largest absolute Gasteiger partial charge is 0.331 e. The Morgan fingerprint density at radius 3 is 2.69 bits per heavy atom. The second kappa shape index (κ2) is 5.27. The summed E-state index contributed by atoms with van der Waals surface area (Å²) < 4.78 is 0. The number of hydrazone groups is 1. The first kappa shape index (κ1) is 9.67. The highest BCUT2D eigenvalue weighted by Gasteiger charge is 1.92. The minimum Gasteiger partial charge on any atom is -0.331 e. The van der Waals surface area contributed by atoms with Crippen molar-refractivity contribution in [2.75, 3.05) is 5.32 Å². The smallest absolute Gasteiger partial charge is 0.191 e. The first-order valence-corrected chi connectivity index (χ1v) is 4.33. The summed E-state index contributed by atoms with van der Waals surface area (Å²) in [5, 5.41) is 7.26. The molecule has 0 fully saturated rings. The number of anilines is 1. The van der Waals surface area contributed by atoms with Crippen molar-refractivity contribution in [2.45, 2.75) is 6.92 Å². The molecule has 68 valence electrons. The van der Waals surface area contributed by atoms with Gasteiger partial charge in [-0.1, -0.05) is 18.2 Å². The summed E-state index contributed by atoms with van der Waals surface area (Å²) in [6.07, 6.45) is 1.64. The van der Waals surface area contributed by atoms with Gasteiger partial charge in [-0.3, -0.25) is 5.43 Å². The average molecular weight is 193 g/mol. The molecule has 0 aliphatic rings. The molecule has 2 N–H and O–H groups in total. The number of hydrogen-bond acceptors (Lipinski definition) is 2. The molecule has 4 heteroatoms. The zero-order valence-electron chi connectivity index (χ0n) is 7.32. The molecular weight excluding hydrogens is 182 g/mol. The Morgan fingerprint density at radius 2 is 2.08 bits per heavy atom. The Kier molecular flexibility index (Phi) is 3.92. The molecule has 13 heavy (non-hydrogen) atoms. The lowest BCUT2D eigenvalue weighted by molar-refractivity contribution is 1.05. The van der Waals surface area contributed by atoms with Crippen molar-refractivity contribution in [3.8, 4) is 0 Å². The number of benzene rings is 1.